The van der Waals surface area contributed by atoms with E-state index in [2.05, 4.69) is 4.90 Å². The molecule has 1 aliphatic rings. The number of phenolic OH excluding ortho intramolecular Hbond substituents is 1. The van der Waals surface area contributed by atoms with E-state index in [0.29, 0.717) is 30.0 Å². The Labute approximate surface area is 188 Å². The van der Waals surface area contributed by atoms with E-state index in [9.17, 15) is 19.8 Å². The van der Waals surface area contributed by atoms with Gasteiger partial charge in [0.25, 0.3) is 11.7 Å². The van der Waals surface area contributed by atoms with Crippen LogP contribution in [0.2, 0.25) is 0 Å². The predicted octanol–water partition coefficient (Wildman–Crippen LogP) is 3.47. The van der Waals surface area contributed by atoms with Crippen molar-refractivity contribution in [1.82, 2.24) is 9.80 Å². The molecule has 1 aliphatic heterocycles. The van der Waals surface area contributed by atoms with Crippen LogP contribution in [0.3, 0.4) is 0 Å². The number of rotatable bonds is 8. The first-order valence-electron chi connectivity index (χ1n) is 10.8. The van der Waals surface area contributed by atoms with Crippen LogP contribution in [0.25, 0.3) is 5.76 Å². The predicted molar refractivity (Wildman–Crippen MR) is 123 cm³/mol. The van der Waals surface area contributed by atoms with E-state index in [-0.39, 0.29) is 17.1 Å². The van der Waals surface area contributed by atoms with Gasteiger partial charge in [0.15, 0.2) is 0 Å². The van der Waals surface area contributed by atoms with Gasteiger partial charge in [-0.3, -0.25) is 9.59 Å². The summed E-state index contributed by atoms with van der Waals surface area (Å²) in [4.78, 5) is 29.8. The molecule has 1 amide bonds. The Bertz CT molecular complexity index is 1030. The SMILES string of the molecule is CCN(CC)CCN1C(=O)C(=O)C(=C(O)c2ccc(OC)c(C)c2)[C@H]1c1ccc(O)cc1. The number of aryl methyl sites for hydroxylation is 1. The van der Waals surface area contributed by atoms with Gasteiger partial charge in [-0.15, -0.1) is 0 Å². The van der Waals surface area contributed by atoms with Crippen molar-refractivity contribution in [3.63, 3.8) is 0 Å². The third-order valence-electron chi connectivity index (χ3n) is 5.97. The number of Topliss-reactive ketones (excluding diaryl/α,β-unsaturated/α-hetero) is 1. The number of ketones is 1. The first kappa shape index (κ1) is 23.3. The zero-order chi connectivity index (χ0) is 23.4. The average Bonchev–Trinajstić information content (AvgIpc) is 3.04. The van der Waals surface area contributed by atoms with Gasteiger partial charge in [0, 0.05) is 18.7 Å². The molecule has 0 unspecified atom stereocenters. The van der Waals surface area contributed by atoms with Crippen LogP contribution in [0.15, 0.2) is 48.0 Å². The largest absolute Gasteiger partial charge is 0.508 e. The molecule has 2 aromatic carbocycles. The Morgan fingerprint density at radius 3 is 2.31 bits per heavy atom. The van der Waals surface area contributed by atoms with Gasteiger partial charge in [-0.2, -0.15) is 0 Å². The summed E-state index contributed by atoms with van der Waals surface area (Å²) in [6.07, 6.45) is 0. The van der Waals surface area contributed by atoms with Crippen LogP contribution < -0.4 is 4.74 Å². The number of carbonyl (C=O) groups is 2. The number of hydrogen-bond acceptors (Lipinski definition) is 6. The van der Waals surface area contributed by atoms with Crippen molar-refractivity contribution in [3.8, 4) is 11.5 Å². The van der Waals surface area contributed by atoms with Crippen LogP contribution >= 0.6 is 0 Å². The quantitative estimate of drug-likeness (QED) is 0.373. The van der Waals surface area contributed by atoms with Crippen LogP contribution in [0.5, 0.6) is 11.5 Å². The molecule has 0 aliphatic carbocycles. The van der Waals surface area contributed by atoms with Gasteiger partial charge in [0.2, 0.25) is 0 Å². The number of methoxy groups -OCH3 is 1. The number of benzene rings is 2. The van der Waals surface area contributed by atoms with Gasteiger partial charge in [-0.1, -0.05) is 26.0 Å². The fourth-order valence-electron chi connectivity index (χ4n) is 4.08. The lowest BCUT2D eigenvalue weighted by Gasteiger charge is -2.28. The number of likely N-dealkylation sites (tertiary alicyclic amines) is 1. The summed E-state index contributed by atoms with van der Waals surface area (Å²) >= 11 is 0. The molecule has 1 fully saturated rings. The molecule has 0 bridgehead atoms. The average molecular weight is 439 g/mol. The molecule has 170 valence electrons. The number of carbonyl (C=O) groups excluding carboxylic acids is 2. The summed E-state index contributed by atoms with van der Waals surface area (Å²) in [5.74, 6) is -0.830. The Hall–Kier alpha value is -3.32. The molecule has 7 heteroatoms. The topological polar surface area (TPSA) is 90.3 Å². The van der Waals surface area contributed by atoms with E-state index in [1.165, 1.54) is 17.0 Å². The second kappa shape index (κ2) is 9.87. The summed E-state index contributed by atoms with van der Waals surface area (Å²) in [6, 6.07) is 10.7. The van der Waals surface area contributed by atoms with Crippen molar-refractivity contribution < 1.29 is 24.5 Å². The zero-order valence-electron chi connectivity index (χ0n) is 19.0. The number of amides is 1. The molecular weight excluding hydrogens is 408 g/mol. The summed E-state index contributed by atoms with van der Waals surface area (Å²) in [7, 11) is 1.56. The monoisotopic (exact) mass is 438 g/mol. The summed E-state index contributed by atoms with van der Waals surface area (Å²) in [6.45, 7) is 8.54. The minimum Gasteiger partial charge on any atom is -0.508 e. The molecule has 0 spiro atoms. The molecule has 0 radical (unpaired) electrons. The molecule has 0 aromatic heterocycles. The number of nitrogens with zero attached hydrogens (tertiary/aromatic N) is 2. The highest BCUT2D eigenvalue weighted by Crippen LogP contribution is 2.40. The fraction of sp³-hybridized carbons (Fsp3) is 0.360. The maximum absolute atomic E-state index is 13.1. The lowest BCUT2D eigenvalue weighted by Crippen LogP contribution is -2.38. The number of phenols is 1. The number of aliphatic hydroxyl groups excluding tert-OH is 1. The lowest BCUT2D eigenvalue weighted by molar-refractivity contribution is -0.140. The molecular formula is C25H30N2O5. The maximum Gasteiger partial charge on any atom is 0.295 e. The maximum atomic E-state index is 13.1. The molecule has 1 heterocycles. The van der Waals surface area contributed by atoms with Crippen molar-refractivity contribution in [2.45, 2.75) is 26.8 Å². The number of hydrogen-bond donors (Lipinski definition) is 2. The normalized spacial score (nSPS) is 17.9. The minimum atomic E-state index is -0.742. The highest BCUT2D eigenvalue weighted by atomic mass is 16.5. The highest BCUT2D eigenvalue weighted by Gasteiger charge is 2.46. The van der Waals surface area contributed by atoms with E-state index in [1.54, 1.807) is 37.4 Å². The zero-order valence-corrected chi connectivity index (χ0v) is 19.0. The van der Waals surface area contributed by atoms with Crippen LogP contribution in [0.1, 0.15) is 36.6 Å². The Morgan fingerprint density at radius 1 is 1.09 bits per heavy atom. The molecule has 3 rings (SSSR count). The Morgan fingerprint density at radius 2 is 1.75 bits per heavy atom. The summed E-state index contributed by atoms with van der Waals surface area (Å²) < 4.78 is 5.28. The van der Waals surface area contributed by atoms with Crippen LogP contribution in [-0.4, -0.2) is 65.0 Å². The second-order valence-electron chi connectivity index (χ2n) is 7.80. The lowest BCUT2D eigenvalue weighted by atomic mass is 9.94. The van der Waals surface area contributed by atoms with Crippen molar-refractivity contribution in [2.75, 3.05) is 33.3 Å². The van der Waals surface area contributed by atoms with Crippen molar-refractivity contribution in [1.29, 1.82) is 0 Å². The number of ether oxygens (including phenoxy) is 1. The molecule has 32 heavy (non-hydrogen) atoms. The van der Waals surface area contributed by atoms with E-state index >= 15 is 0 Å². The summed E-state index contributed by atoms with van der Waals surface area (Å²) in [5.41, 5.74) is 1.93. The Balaban J connectivity index is 2.10. The highest BCUT2D eigenvalue weighted by molar-refractivity contribution is 6.46. The molecule has 2 N–H and O–H groups in total. The number of likely N-dealkylation sites (N-methyl/N-ethyl adjacent to an activating group) is 1. The molecule has 1 atom stereocenters. The van der Waals surface area contributed by atoms with E-state index in [4.69, 9.17) is 4.74 Å². The standard InChI is InChI=1S/C25H30N2O5/c1-5-26(6-2)13-14-27-22(17-7-10-19(28)11-8-17)21(24(30)25(27)31)23(29)18-9-12-20(32-4)16(3)15-18/h7-12,15,22,28-29H,5-6,13-14H2,1-4H3/t22-/m1/s1. The van der Waals surface area contributed by atoms with Gasteiger partial charge >= 0.3 is 0 Å². The van der Waals surface area contributed by atoms with Crippen molar-refractivity contribution >= 4 is 17.4 Å². The fourth-order valence-corrected chi connectivity index (χ4v) is 4.08. The third kappa shape index (κ3) is 4.48. The smallest absolute Gasteiger partial charge is 0.295 e. The van der Waals surface area contributed by atoms with Crippen LogP contribution in [0.4, 0.5) is 0 Å². The minimum absolute atomic E-state index is 0.0461. The van der Waals surface area contributed by atoms with Gasteiger partial charge in [-0.25, -0.2) is 0 Å². The number of aromatic hydroxyl groups is 1. The first-order valence-corrected chi connectivity index (χ1v) is 10.8. The molecule has 2 aromatic rings. The molecule has 0 saturated carbocycles. The Kier molecular flexibility index (Phi) is 7.20. The number of aliphatic hydroxyl groups is 1. The van der Waals surface area contributed by atoms with Crippen LogP contribution in [0, 0.1) is 6.92 Å². The third-order valence-corrected chi connectivity index (χ3v) is 5.97. The van der Waals surface area contributed by atoms with E-state index in [0.717, 1.165) is 18.7 Å². The second-order valence-corrected chi connectivity index (χ2v) is 7.80. The van der Waals surface area contributed by atoms with Crippen molar-refractivity contribution in [2.24, 2.45) is 0 Å². The van der Waals surface area contributed by atoms with Gasteiger partial charge in [0.05, 0.1) is 18.7 Å². The molecule has 7 nitrogen and oxygen atoms in total. The molecule has 1 saturated heterocycles. The van der Waals surface area contributed by atoms with E-state index < -0.39 is 17.7 Å². The van der Waals surface area contributed by atoms with Gasteiger partial charge in [-0.05, 0) is 61.5 Å². The summed E-state index contributed by atoms with van der Waals surface area (Å²) in [5, 5.41) is 20.9. The van der Waals surface area contributed by atoms with E-state index in [1.807, 2.05) is 20.8 Å². The van der Waals surface area contributed by atoms with Gasteiger partial charge in [0.1, 0.15) is 17.3 Å². The van der Waals surface area contributed by atoms with Crippen LogP contribution in [-0.2, 0) is 9.59 Å². The van der Waals surface area contributed by atoms with Gasteiger partial charge < -0.3 is 24.7 Å². The van der Waals surface area contributed by atoms with Crippen molar-refractivity contribution in [3.05, 3.63) is 64.7 Å². The first-order chi connectivity index (χ1) is 15.3.